The molecule has 0 saturated heterocycles. The van der Waals surface area contributed by atoms with Crippen molar-refractivity contribution in [3.63, 3.8) is 0 Å². The van der Waals surface area contributed by atoms with E-state index in [-0.39, 0.29) is 5.91 Å². The number of nitrogens with zero attached hydrogens (tertiary/aromatic N) is 3. The first-order valence-electron chi connectivity index (χ1n) is 7.51. The quantitative estimate of drug-likeness (QED) is 0.755. The number of nitrogens with one attached hydrogen (secondary N) is 2. The second-order valence-corrected chi connectivity index (χ2v) is 6.56. The SMILES string of the molecule is O=C(NCc1nnc(-c2ccccc2)s1)c1c[nH]c(C2CC2)n1. The lowest BCUT2D eigenvalue weighted by molar-refractivity contribution is 0.0946. The minimum absolute atomic E-state index is 0.190. The van der Waals surface area contributed by atoms with Crippen molar-refractivity contribution >= 4 is 17.2 Å². The fourth-order valence-electron chi connectivity index (χ4n) is 2.29. The van der Waals surface area contributed by atoms with Gasteiger partial charge in [0.1, 0.15) is 21.5 Å². The monoisotopic (exact) mass is 325 g/mol. The lowest BCUT2D eigenvalue weighted by Crippen LogP contribution is -2.23. The highest BCUT2D eigenvalue weighted by Gasteiger charge is 2.27. The molecule has 0 unspecified atom stereocenters. The van der Waals surface area contributed by atoms with Crippen molar-refractivity contribution in [3.05, 3.63) is 53.1 Å². The van der Waals surface area contributed by atoms with E-state index in [1.807, 2.05) is 30.3 Å². The van der Waals surface area contributed by atoms with Crippen molar-refractivity contribution in [2.75, 3.05) is 0 Å². The van der Waals surface area contributed by atoms with Gasteiger partial charge in [0.15, 0.2) is 0 Å². The first kappa shape index (κ1) is 14.1. The molecule has 23 heavy (non-hydrogen) atoms. The van der Waals surface area contributed by atoms with Crippen LogP contribution in [0.1, 0.15) is 40.1 Å². The third-order valence-electron chi connectivity index (χ3n) is 3.68. The van der Waals surface area contributed by atoms with Gasteiger partial charge in [0.05, 0.1) is 6.54 Å². The largest absolute Gasteiger partial charge is 0.348 e. The molecule has 2 N–H and O–H groups in total. The highest BCUT2D eigenvalue weighted by atomic mass is 32.1. The van der Waals surface area contributed by atoms with Gasteiger partial charge in [-0.05, 0) is 12.8 Å². The molecule has 2 aromatic heterocycles. The summed E-state index contributed by atoms with van der Waals surface area (Å²) in [6.07, 6.45) is 3.97. The number of hydrogen-bond donors (Lipinski definition) is 2. The molecular formula is C16H15N5OS. The number of benzene rings is 1. The number of rotatable bonds is 5. The lowest BCUT2D eigenvalue weighted by atomic mass is 10.2. The first-order valence-corrected chi connectivity index (χ1v) is 8.32. The maximum atomic E-state index is 12.1. The Hall–Kier alpha value is -2.54. The van der Waals surface area contributed by atoms with E-state index in [2.05, 4.69) is 25.5 Å². The van der Waals surface area contributed by atoms with E-state index in [0.717, 1.165) is 34.2 Å². The normalized spacial score (nSPS) is 13.9. The maximum Gasteiger partial charge on any atom is 0.271 e. The van der Waals surface area contributed by atoms with Crippen LogP contribution in [0.25, 0.3) is 10.6 Å². The number of amides is 1. The summed E-state index contributed by atoms with van der Waals surface area (Å²) >= 11 is 1.48. The fourth-order valence-corrected chi connectivity index (χ4v) is 3.07. The highest BCUT2D eigenvalue weighted by molar-refractivity contribution is 7.14. The number of aromatic amines is 1. The zero-order valence-corrected chi connectivity index (χ0v) is 13.1. The number of carbonyl (C=O) groups excluding carboxylic acids is 1. The molecule has 0 bridgehead atoms. The topological polar surface area (TPSA) is 83.6 Å². The highest BCUT2D eigenvalue weighted by Crippen LogP contribution is 2.38. The molecule has 1 aliphatic rings. The molecule has 1 aliphatic carbocycles. The van der Waals surface area contributed by atoms with Gasteiger partial charge in [-0.1, -0.05) is 41.7 Å². The average molecular weight is 325 g/mol. The minimum atomic E-state index is -0.190. The van der Waals surface area contributed by atoms with E-state index in [4.69, 9.17) is 0 Å². The van der Waals surface area contributed by atoms with Crippen molar-refractivity contribution in [3.8, 4) is 10.6 Å². The zero-order chi connectivity index (χ0) is 15.6. The Bertz CT molecular complexity index is 822. The van der Waals surface area contributed by atoms with Crippen LogP contribution in [-0.2, 0) is 6.54 Å². The van der Waals surface area contributed by atoms with Gasteiger partial charge in [-0.25, -0.2) is 4.98 Å². The Morgan fingerprint density at radius 1 is 1.26 bits per heavy atom. The Morgan fingerprint density at radius 3 is 2.87 bits per heavy atom. The van der Waals surface area contributed by atoms with Gasteiger partial charge in [-0.3, -0.25) is 4.79 Å². The molecule has 0 aliphatic heterocycles. The molecule has 0 atom stereocenters. The van der Waals surface area contributed by atoms with Crippen LogP contribution < -0.4 is 5.32 Å². The van der Waals surface area contributed by atoms with E-state index in [1.165, 1.54) is 11.3 Å². The fraction of sp³-hybridized carbons (Fsp3) is 0.250. The molecule has 6 nitrogen and oxygen atoms in total. The molecule has 4 rings (SSSR count). The van der Waals surface area contributed by atoms with Gasteiger partial charge in [0, 0.05) is 17.7 Å². The van der Waals surface area contributed by atoms with Crippen molar-refractivity contribution in [1.82, 2.24) is 25.5 Å². The summed E-state index contributed by atoms with van der Waals surface area (Å²) in [4.78, 5) is 19.5. The van der Waals surface area contributed by atoms with Gasteiger partial charge in [-0.2, -0.15) is 0 Å². The Morgan fingerprint density at radius 2 is 2.09 bits per heavy atom. The van der Waals surface area contributed by atoms with E-state index < -0.39 is 0 Å². The summed E-state index contributed by atoms with van der Waals surface area (Å²) in [5.74, 6) is 1.23. The molecular weight excluding hydrogens is 310 g/mol. The van der Waals surface area contributed by atoms with Crippen LogP contribution in [0, 0.1) is 0 Å². The predicted octanol–water partition coefficient (Wildman–Crippen LogP) is 2.74. The smallest absolute Gasteiger partial charge is 0.271 e. The predicted molar refractivity (Wildman–Crippen MR) is 87.1 cm³/mol. The Labute approximate surface area is 137 Å². The van der Waals surface area contributed by atoms with E-state index in [9.17, 15) is 4.79 Å². The number of carbonyl (C=O) groups is 1. The van der Waals surface area contributed by atoms with E-state index in [1.54, 1.807) is 6.20 Å². The molecule has 1 saturated carbocycles. The van der Waals surface area contributed by atoms with Crippen molar-refractivity contribution in [1.29, 1.82) is 0 Å². The number of H-pyrrole nitrogens is 1. The minimum Gasteiger partial charge on any atom is -0.348 e. The van der Waals surface area contributed by atoms with Crippen LogP contribution in [0.15, 0.2) is 36.5 Å². The van der Waals surface area contributed by atoms with Gasteiger partial charge in [-0.15, -0.1) is 10.2 Å². The summed E-state index contributed by atoms with van der Waals surface area (Å²) < 4.78 is 0. The molecule has 0 spiro atoms. The standard InChI is InChI=1S/C16H15N5OS/c22-15(12-8-17-14(19-12)10-6-7-10)18-9-13-20-21-16(23-13)11-4-2-1-3-5-11/h1-5,8,10H,6-7,9H2,(H,17,19)(H,18,22). The molecule has 2 heterocycles. The van der Waals surface area contributed by atoms with Crippen LogP contribution in [-0.4, -0.2) is 26.1 Å². The number of hydrogen-bond acceptors (Lipinski definition) is 5. The molecule has 7 heteroatoms. The summed E-state index contributed by atoms with van der Waals surface area (Å²) in [6, 6.07) is 9.88. The summed E-state index contributed by atoms with van der Waals surface area (Å²) in [5, 5.41) is 12.8. The molecule has 3 aromatic rings. The Balaban J connectivity index is 1.38. The Kier molecular flexibility index (Phi) is 3.63. The van der Waals surface area contributed by atoms with Crippen LogP contribution in [0.2, 0.25) is 0 Å². The second kappa shape index (κ2) is 5.92. The summed E-state index contributed by atoms with van der Waals surface area (Å²) in [5.41, 5.74) is 1.46. The van der Waals surface area contributed by atoms with E-state index >= 15 is 0 Å². The molecule has 116 valence electrons. The van der Waals surface area contributed by atoms with Gasteiger partial charge in [0.25, 0.3) is 5.91 Å². The van der Waals surface area contributed by atoms with Crippen molar-refractivity contribution in [2.24, 2.45) is 0 Å². The van der Waals surface area contributed by atoms with Crippen LogP contribution in [0.5, 0.6) is 0 Å². The third kappa shape index (κ3) is 3.14. The summed E-state index contributed by atoms with van der Waals surface area (Å²) in [7, 11) is 0. The average Bonchev–Trinajstić information content (AvgIpc) is 3.14. The molecule has 1 aromatic carbocycles. The number of aromatic nitrogens is 4. The molecule has 0 radical (unpaired) electrons. The van der Waals surface area contributed by atoms with Gasteiger partial charge < -0.3 is 10.3 Å². The first-order chi connectivity index (χ1) is 11.3. The summed E-state index contributed by atoms with van der Waals surface area (Å²) in [6.45, 7) is 0.356. The van der Waals surface area contributed by atoms with Gasteiger partial charge in [0.2, 0.25) is 0 Å². The van der Waals surface area contributed by atoms with Crippen LogP contribution in [0.3, 0.4) is 0 Å². The van der Waals surface area contributed by atoms with Crippen LogP contribution in [0.4, 0.5) is 0 Å². The van der Waals surface area contributed by atoms with E-state index in [0.29, 0.717) is 18.2 Å². The van der Waals surface area contributed by atoms with Crippen molar-refractivity contribution < 1.29 is 4.79 Å². The molecule has 1 fully saturated rings. The third-order valence-corrected chi connectivity index (χ3v) is 4.65. The lowest BCUT2D eigenvalue weighted by Gasteiger charge is -1.98. The maximum absolute atomic E-state index is 12.1. The van der Waals surface area contributed by atoms with Gasteiger partial charge >= 0.3 is 0 Å². The molecule has 1 amide bonds. The van der Waals surface area contributed by atoms with Crippen molar-refractivity contribution in [2.45, 2.75) is 25.3 Å². The number of imidazole rings is 1. The second-order valence-electron chi connectivity index (χ2n) is 5.49. The van der Waals surface area contributed by atoms with Crippen LogP contribution >= 0.6 is 11.3 Å². The zero-order valence-electron chi connectivity index (χ0n) is 12.3.